The second-order valence-corrected chi connectivity index (χ2v) is 19.1. The molecular weight excluding hydrogens is 687 g/mol. The molecule has 57 heavy (non-hydrogen) atoms. The Labute approximate surface area is 361 Å². The topological polar surface area (TPSA) is 3.88 Å². The van der Waals surface area contributed by atoms with Gasteiger partial charge in [0.15, 0.2) is 12.4 Å². The fraction of sp³-hybridized carbons (Fsp3) is 0.911. The van der Waals surface area contributed by atoms with Crippen molar-refractivity contribution in [1.29, 1.82) is 0 Å². The molecule has 0 amide bonds. The maximum Gasteiger partial charge on any atom is 0.171 e. The van der Waals surface area contributed by atoms with Gasteiger partial charge in [-0.05, 0) is 38.2 Å². The van der Waals surface area contributed by atoms with Gasteiger partial charge in [0.05, 0.1) is 0 Å². The Hall–Kier alpha value is -0.850. The van der Waals surface area contributed by atoms with E-state index < -0.39 is 0 Å². The lowest BCUT2D eigenvalue weighted by Crippen LogP contribution is -2.34. The molecule has 0 unspecified atom stereocenters. The third-order valence-electron chi connectivity index (χ3n) is 13.2. The largest absolute Gasteiger partial charge is 0.205 e. The van der Waals surface area contributed by atoms with Crippen LogP contribution in [-0.4, -0.2) is 0 Å². The zero-order valence-electron chi connectivity index (χ0n) is 40.1. The molecule has 1 aromatic heterocycles. The molecule has 1 rings (SSSR count). The zero-order chi connectivity index (χ0) is 40.8. The van der Waals surface area contributed by atoms with E-state index in [1.165, 1.54) is 308 Å². The third-order valence-corrected chi connectivity index (χ3v) is 13.2. The molecule has 0 spiro atoms. The van der Waals surface area contributed by atoms with Crippen molar-refractivity contribution >= 4 is 0 Å². The Morgan fingerprint density at radius 2 is 0.439 bits per heavy atom. The van der Waals surface area contributed by atoms with Gasteiger partial charge in [0.2, 0.25) is 0 Å². The standard InChI is InChI=1S/C56H108N/c1-4-7-10-13-16-19-22-25-28-29-30-33-36-39-42-45-48-51-57-53-55(49-46-43-40-37-34-31-26-23-20-17-14-11-8-5-2)52-56(54-57)50-47-44-41-38-35-32-27-24-21-18-15-12-9-6-3/h52-54H,4-51H2,1-3H3/q+1. The summed E-state index contributed by atoms with van der Waals surface area (Å²) in [6.45, 7) is 8.17. The van der Waals surface area contributed by atoms with Crippen LogP contribution in [0.5, 0.6) is 0 Å². The molecule has 0 aliphatic rings. The van der Waals surface area contributed by atoms with Crippen molar-refractivity contribution in [2.75, 3.05) is 0 Å². The van der Waals surface area contributed by atoms with Gasteiger partial charge < -0.3 is 0 Å². The Morgan fingerprint density at radius 1 is 0.246 bits per heavy atom. The predicted octanol–water partition coefficient (Wildman–Crippen LogP) is 19.7. The normalized spacial score (nSPS) is 11.6. The predicted molar refractivity (Wildman–Crippen MR) is 259 cm³/mol. The molecule has 1 heteroatoms. The molecule has 0 saturated carbocycles. The van der Waals surface area contributed by atoms with Crippen molar-refractivity contribution in [3.8, 4) is 0 Å². The molecule has 0 aliphatic carbocycles. The second kappa shape index (κ2) is 46.2. The Kier molecular flexibility index (Phi) is 43.9. The third kappa shape index (κ3) is 40.3. The first-order valence-corrected chi connectivity index (χ1v) is 27.3. The van der Waals surface area contributed by atoms with Gasteiger partial charge in [-0.15, -0.1) is 0 Å². The Bertz CT molecular complexity index is 839. The Balaban J connectivity index is 2.27. The average molecular weight is 795 g/mol. The summed E-state index contributed by atoms with van der Waals surface area (Å²) in [5.41, 5.74) is 3.23. The Morgan fingerprint density at radius 3 is 0.667 bits per heavy atom. The number of rotatable bonds is 48. The van der Waals surface area contributed by atoms with Crippen molar-refractivity contribution in [1.82, 2.24) is 0 Å². The number of aromatic nitrogens is 1. The summed E-state index contributed by atoms with van der Waals surface area (Å²) in [6.07, 6.45) is 72.7. The fourth-order valence-corrected chi connectivity index (χ4v) is 9.25. The number of unbranched alkanes of at least 4 members (excludes halogenated alkanes) is 42. The van der Waals surface area contributed by atoms with E-state index in [4.69, 9.17) is 0 Å². The van der Waals surface area contributed by atoms with E-state index in [0.29, 0.717) is 0 Å². The maximum absolute atomic E-state index is 2.60. The summed E-state index contributed by atoms with van der Waals surface area (Å²) in [5.74, 6) is 0. The molecule has 0 bridgehead atoms. The number of hydrogen-bond acceptors (Lipinski definition) is 0. The van der Waals surface area contributed by atoms with Crippen LogP contribution in [0.1, 0.15) is 321 Å². The van der Waals surface area contributed by atoms with E-state index in [0.717, 1.165) is 0 Å². The van der Waals surface area contributed by atoms with Gasteiger partial charge in [-0.1, -0.05) is 284 Å². The van der Waals surface area contributed by atoms with Crippen LogP contribution in [0.15, 0.2) is 18.5 Å². The molecule has 0 aromatic carbocycles. The fourth-order valence-electron chi connectivity index (χ4n) is 9.25. The molecule has 0 radical (unpaired) electrons. The van der Waals surface area contributed by atoms with Crippen molar-refractivity contribution in [3.63, 3.8) is 0 Å². The van der Waals surface area contributed by atoms with Crippen LogP contribution in [0.4, 0.5) is 0 Å². The smallest absolute Gasteiger partial charge is 0.171 e. The van der Waals surface area contributed by atoms with E-state index >= 15 is 0 Å². The molecule has 1 aromatic rings. The van der Waals surface area contributed by atoms with Gasteiger partial charge in [0.1, 0.15) is 6.54 Å². The summed E-state index contributed by atoms with van der Waals surface area (Å²) in [6, 6.07) is 2.59. The number of aryl methyl sites for hydroxylation is 3. The first kappa shape index (κ1) is 54.2. The van der Waals surface area contributed by atoms with Crippen LogP contribution in [-0.2, 0) is 19.4 Å². The van der Waals surface area contributed by atoms with Crippen molar-refractivity contribution < 1.29 is 4.57 Å². The van der Waals surface area contributed by atoms with Gasteiger partial charge in [0.25, 0.3) is 0 Å². The quantitative estimate of drug-likeness (QED) is 0.0457. The molecule has 1 heterocycles. The minimum Gasteiger partial charge on any atom is -0.205 e. The molecule has 336 valence electrons. The number of hydrogen-bond donors (Lipinski definition) is 0. The van der Waals surface area contributed by atoms with Crippen LogP contribution < -0.4 is 4.57 Å². The molecule has 0 fully saturated rings. The minimum absolute atomic E-state index is 1.22. The average Bonchev–Trinajstić information content (AvgIpc) is 3.22. The van der Waals surface area contributed by atoms with Crippen molar-refractivity contribution in [2.24, 2.45) is 0 Å². The van der Waals surface area contributed by atoms with E-state index in [1.807, 2.05) is 0 Å². The first-order chi connectivity index (χ1) is 28.3. The number of nitrogens with zero attached hydrogens (tertiary/aromatic N) is 1. The van der Waals surface area contributed by atoms with Crippen LogP contribution in [0.25, 0.3) is 0 Å². The SMILES string of the molecule is CCCCCCCCCCCCCCCCCCC[n+]1cc(CCCCCCCCCCCCCCCC)cc(CCCCCCCCCCCCCCCC)c1. The van der Waals surface area contributed by atoms with Crippen LogP contribution in [0, 0.1) is 0 Å². The molecule has 0 atom stereocenters. The van der Waals surface area contributed by atoms with E-state index in [2.05, 4.69) is 43.8 Å². The summed E-state index contributed by atoms with van der Waals surface area (Å²) in [5, 5.41) is 0. The monoisotopic (exact) mass is 795 g/mol. The summed E-state index contributed by atoms with van der Waals surface area (Å²) in [7, 11) is 0. The first-order valence-electron chi connectivity index (χ1n) is 27.3. The minimum atomic E-state index is 1.22. The molecule has 0 N–H and O–H groups in total. The van der Waals surface area contributed by atoms with Gasteiger partial charge in [-0.2, -0.15) is 0 Å². The van der Waals surface area contributed by atoms with Gasteiger partial charge in [-0.25, -0.2) is 4.57 Å². The zero-order valence-corrected chi connectivity index (χ0v) is 40.1. The maximum atomic E-state index is 2.60. The van der Waals surface area contributed by atoms with Crippen molar-refractivity contribution in [2.45, 2.75) is 329 Å². The highest BCUT2D eigenvalue weighted by atomic mass is 14.9. The lowest BCUT2D eigenvalue weighted by molar-refractivity contribution is -0.698. The summed E-state index contributed by atoms with van der Waals surface area (Å²) >= 11 is 0. The molecule has 0 aliphatic heterocycles. The van der Waals surface area contributed by atoms with E-state index in [-0.39, 0.29) is 0 Å². The van der Waals surface area contributed by atoms with Gasteiger partial charge >= 0.3 is 0 Å². The van der Waals surface area contributed by atoms with Gasteiger partial charge in [-0.3, -0.25) is 0 Å². The number of pyridine rings is 1. The van der Waals surface area contributed by atoms with E-state index in [9.17, 15) is 0 Å². The van der Waals surface area contributed by atoms with Gasteiger partial charge in [0, 0.05) is 17.5 Å². The summed E-state index contributed by atoms with van der Waals surface area (Å²) in [4.78, 5) is 0. The van der Waals surface area contributed by atoms with Crippen LogP contribution in [0.3, 0.4) is 0 Å². The lowest BCUT2D eigenvalue weighted by Gasteiger charge is -2.08. The molecule has 1 nitrogen and oxygen atoms in total. The lowest BCUT2D eigenvalue weighted by atomic mass is 10.0. The highest BCUT2D eigenvalue weighted by molar-refractivity contribution is 5.15. The van der Waals surface area contributed by atoms with Crippen LogP contribution in [0.2, 0.25) is 0 Å². The van der Waals surface area contributed by atoms with Crippen LogP contribution >= 0.6 is 0 Å². The van der Waals surface area contributed by atoms with E-state index in [1.54, 1.807) is 11.1 Å². The molecule has 0 saturated heterocycles. The highest BCUT2D eigenvalue weighted by Crippen LogP contribution is 2.18. The van der Waals surface area contributed by atoms with Crippen molar-refractivity contribution in [3.05, 3.63) is 29.6 Å². The molecular formula is C56H108N+. The highest BCUT2D eigenvalue weighted by Gasteiger charge is 2.09. The summed E-state index contributed by atoms with van der Waals surface area (Å²) < 4.78 is 2.60. The second-order valence-electron chi connectivity index (χ2n) is 19.1.